The van der Waals surface area contributed by atoms with E-state index in [1.165, 1.54) is 55.5 Å². The summed E-state index contributed by atoms with van der Waals surface area (Å²) >= 11 is 0. The number of aromatic nitrogens is 2. The molecule has 3 heteroatoms. The Morgan fingerprint density at radius 2 is 2.00 bits per heavy atom. The van der Waals surface area contributed by atoms with Crippen LogP contribution in [0.3, 0.4) is 0 Å². The number of nitrogens with one attached hydrogen (secondary N) is 1. The van der Waals surface area contributed by atoms with E-state index in [-0.39, 0.29) is 0 Å². The fraction of sp³-hybridized carbons (Fsp3) is 0.526. The molecule has 118 valence electrons. The van der Waals surface area contributed by atoms with Crippen molar-refractivity contribution in [3.8, 4) is 11.3 Å². The van der Waals surface area contributed by atoms with Crippen LogP contribution in [0.15, 0.2) is 24.4 Å². The Kier molecular flexibility index (Phi) is 4.63. The highest BCUT2D eigenvalue weighted by Crippen LogP contribution is 2.32. The average molecular weight is 297 g/mol. The molecule has 1 aromatic heterocycles. The molecule has 1 N–H and O–H groups in total. The first-order valence-electron chi connectivity index (χ1n) is 8.56. The third-order valence-corrected chi connectivity index (χ3v) is 4.78. The highest BCUT2D eigenvalue weighted by atomic mass is 15.2. The number of likely N-dealkylation sites (tertiary alicyclic amines) is 1. The molecular formula is C19H27N3. The average Bonchev–Trinajstić information content (AvgIpc) is 2.97. The van der Waals surface area contributed by atoms with Crippen LogP contribution in [-0.2, 0) is 0 Å². The van der Waals surface area contributed by atoms with E-state index in [4.69, 9.17) is 4.98 Å². The van der Waals surface area contributed by atoms with Crippen molar-refractivity contribution in [2.45, 2.75) is 52.5 Å². The van der Waals surface area contributed by atoms with Crippen molar-refractivity contribution in [3.63, 3.8) is 0 Å². The van der Waals surface area contributed by atoms with E-state index >= 15 is 0 Å². The van der Waals surface area contributed by atoms with Crippen LogP contribution in [0.2, 0.25) is 0 Å². The van der Waals surface area contributed by atoms with Crippen LogP contribution in [0.4, 0.5) is 0 Å². The predicted octanol–water partition coefficient (Wildman–Crippen LogP) is 4.63. The highest BCUT2D eigenvalue weighted by Gasteiger charge is 2.25. The fourth-order valence-corrected chi connectivity index (χ4v) is 3.71. The van der Waals surface area contributed by atoms with Crippen LogP contribution in [0.25, 0.3) is 11.3 Å². The smallest absolute Gasteiger partial charge is 0.124 e. The molecule has 0 radical (unpaired) electrons. The van der Waals surface area contributed by atoms with Gasteiger partial charge in [0.2, 0.25) is 0 Å². The van der Waals surface area contributed by atoms with Gasteiger partial charge in [-0.3, -0.25) is 4.90 Å². The van der Waals surface area contributed by atoms with Gasteiger partial charge in [-0.2, -0.15) is 0 Å². The maximum absolute atomic E-state index is 4.96. The fourth-order valence-electron chi connectivity index (χ4n) is 3.71. The van der Waals surface area contributed by atoms with Gasteiger partial charge in [-0.1, -0.05) is 31.5 Å². The summed E-state index contributed by atoms with van der Waals surface area (Å²) in [5, 5.41) is 0. The maximum atomic E-state index is 4.96. The minimum absolute atomic E-state index is 0.465. The number of rotatable bonds is 4. The van der Waals surface area contributed by atoms with E-state index < -0.39 is 0 Å². The predicted molar refractivity (Wildman–Crippen MR) is 92.0 cm³/mol. The van der Waals surface area contributed by atoms with Crippen molar-refractivity contribution < 1.29 is 0 Å². The van der Waals surface area contributed by atoms with Gasteiger partial charge in [0, 0.05) is 11.8 Å². The summed E-state index contributed by atoms with van der Waals surface area (Å²) in [5.41, 5.74) is 4.97. The standard InChI is InChI=1S/C19H27N3/c1-4-11-22-12-6-5-10-17(22)19-20-13-16(21-19)18-14(2)8-7-9-15(18)3/h7-9,13,17H,4-6,10-12H2,1-3H3,(H,20,21). The lowest BCUT2D eigenvalue weighted by molar-refractivity contribution is 0.143. The number of nitrogens with zero attached hydrogens (tertiary/aromatic N) is 2. The number of H-pyrrole nitrogens is 1. The Hall–Kier alpha value is -1.61. The monoisotopic (exact) mass is 297 g/mol. The molecule has 1 saturated heterocycles. The van der Waals surface area contributed by atoms with E-state index in [2.05, 4.69) is 55.1 Å². The zero-order chi connectivity index (χ0) is 15.5. The highest BCUT2D eigenvalue weighted by molar-refractivity contribution is 5.67. The first-order chi connectivity index (χ1) is 10.7. The van der Waals surface area contributed by atoms with E-state index in [1.807, 2.05) is 0 Å². The van der Waals surface area contributed by atoms with E-state index in [0.717, 1.165) is 11.5 Å². The number of aryl methyl sites for hydroxylation is 2. The van der Waals surface area contributed by atoms with Crippen molar-refractivity contribution in [1.29, 1.82) is 0 Å². The molecule has 3 rings (SSSR count). The summed E-state index contributed by atoms with van der Waals surface area (Å²) in [6.45, 7) is 8.97. The van der Waals surface area contributed by atoms with E-state index in [9.17, 15) is 0 Å². The van der Waals surface area contributed by atoms with Crippen LogP contribution in [0, 0.1) is 13.8 Å². The van der Waals surface area contributed by atoms with E-state index in [1.54, 1.807) is 0 Å². The number of aromatic amines is 1. The maximum Gasteiger partial charge on any atom is 0.124 e. The number of piperidine rings is 1. The SMILES string of the molecule is CCCN1CCCCC1c1nc(-c2c(C)cccc2C)c[nH]1. The molecule has 0 spiro atoms. The Balaban J connectivity index is 1.90. The van der Waals surface area contributed by atoms with Crippen LogP contribution in [0.5, 0.6) is 0 Å². The Morgan fingerprint density at radius 3 is 2.73 bits per heavy atom. The second-order valence-corrected chi connectivity index (χ2v) is 6.49. The van der Waals surface area contributed by atoms with Crippen molar-refractivity contribution in [1.82, 2.24) is 14.9 Å². The first-order valence-corrected chi connectivity index (χ1v) is 8.56. The van der Waals surface area contributed by atoms with Crippen molar-refractivity contribution in [2.24, 2.45) is 0 Å². The number of imidazole rings is 1. The topological polar surface area (TPSA) is 31.9 Å². The molecule has 0 amide bonds. The lowest BCUT2D eigenvalue weighted by Gasteiger charge is -2.34. The summed E-state index contributed by atoms with van der Waals surface area (Å²) < 4.78 is 0. The molecular weight excluding hydrogens is 270 g/mol. The molecule has 22 heavy (non-hydrogen) atoms. The zero-order valence-electron chi connectivity index (χ0n) is 14.0. The van der Waals surface area contributed by atoms with Gasteiger partial charge < -0.3 is 4.98 Å². The summed E-state index contributed by atoms with van der Waals surface area (Å²) in [6, 6.07) is 6.92. The van der Waals surface area contributed by atoms with E-state index in [0.29, 0.717) is 6.04 Å². The Bertz CT molecular complexity index is 607. The molecule has 0 bridgehead atoms. The van der Waals surface area contributed by atoms with Crippen LogP contribution in [-0.4, -0.2) is 28.0 Å². The summed E-state index contributed by atoms with van der Waals surface area (Å²) in [6.07, 6.45) is 7.15. The second kappa shape index (κ2) is 6.66. The van der Waals surface area contributed by atoms with Crippen LogP contribution in [0.1, 0.15) is 55.6 Å². The van der Waals surface area contributed by atoms with Gasteiger partial charge in [-0.05, 0) is 57.3 Å². The quantitative estimate of drug-likeness (QED) is 0.892. The normalized spacial score (nSPS) is 19.5. The van der Waals surface area contributed by atoms with Gasteiger partial charge in [-0.15, -0.1) is 0 Å². The summed E-state index contributed by atoms with van der Waals surface area (Å²) in [7, 11) is 0. The minimum atomic E-state index is 0.465. The van der Waals surface area contributed by atoms with Gasteiger partial charge in [0.25, 0.3) is 0 Å². The van der Waals surface area contributed by atoms with Crippen LogP contribution < -0.4 is 0 Å². The Morgan fingerprint density at radius 1 is 1.23 bits per heavy atom. The molecule has 3 nitrogen and oxygen atoms in total. The van der Waals surface area contributed by atoms with Crippen LogP contribution >= 0.6 is 0 Å². The zero-order valence-corrected chi connectivity index (χ0v) is 14.0. The van der Waals surface area contributed by atoms with Gasteiger partial charge in [0.1, 0.15) is 5.82 Å². The minimum Gasteiger partial charge on any atom is -0.347 e. The van der Waals surface area contributed by atoms with Gasteiger partial charge >= 0.3 is 0 Å². The molecule has 1 fully saturated rings. The third-order valence-electron chi connectivity index (χ3n) is 4.78. The number of hydrogen-bond acceptors (Lipinski definition) is 2. The first kappa shape index (κ1) is 15.3. The molecule has 2 aromatic rings. The van der Waals surface area contributed by atoms with Crippen molar-refractivity contribution in [2.75, 3.05) is 13.1 Å². The second-order valence-electron chi connectivity index (χ2n) is 6.49. The van der Waals surface area contributed by atoms with Gasteiger partial charge in [0.15, 0.2) is 0 Å². The molecule has 1 atom stereocenters. The molecule has 0 aliphatic carbocycles. The molecule has 1 aromatic carbocycles. The largest absolute Gasteiger partial charge is 0.347 e. The Labute approximate surface area is 133 Å². The number of hydrogen-bond donors (Lipinski definition) is 1. The lowest BCUT2D eigenvalue weighted by Crippen LogP contribution is -2.34. The molecule has 1 aliphatic rings. The van der Waals surface area contributed by atoms with Gasteiger partial charge in [-0.25, -0.2) is 4.98 Å². The summed E-state index contributed by atoms with van der Waals surface area (Å²) in [5.74, 6) is 1.14. The third kappa shape index (κ3) is 2.95. The molecule has 2 heterocycles. The molecule has 0 saturated carbocycles. The molecule has 1 unspecified atom stereocenters. The molecule has 1 aliphatic heterocycles. The van der Waals surface area contributed by atoms with Gasteiger partial charge in [0.05, 0.1) is 11.7 Å². The van der Waals surface area contributed by atoms with Crippen molar-refractivity contribution in [3.05, 3.63) is 41.3 Å². The van der Waals surface area contributed by atoms with Crippen molar-refractivity contribution >= 4 is 0 Å². The number of benzene rings is 1. The summed E-state index contributed by atoms with van der Waals surface area (Å²) in [4.78, 5) is 11.0. The lowest BCUT2D eigenvalue weighted by atomic mass is 10.0.